The number of aryl methyl sites for hydroxylation is 1. The van der Waals surface area contributed by atoms with Gasteiger partial charge in [0, 0.05) is 36.6 Å². The molecule has 2 fully saturated rings. The molecule has 1 saturated carbocycles. The Morgan fingerprint density at radius 2 is 2.44 bits per heavy atom. The van der Waals surface area contributed by atoms with E-state index in [0.29, 0.717) is 0 Å². The summed E-state index contributed by atoms with van der Waals surface area (Å²) in [6, 6.07) is 0.770. The summed E-state index contributed by atoms with van der Waals surface area (Å²) < 4.78 is 0. The molecule has 1 N–H and O–H groups in total. The Balaban J connectivity index is 1.65. The van der Waals surface area contributed by atoms with Gasteiger partial charge >= 0.3 is 0 Å². The van der Waals surface area contributed by atoms with E-state index in [1.165, 1.54) is 12.8 Å². The smallest absolute Gasteiger partial charge is 0.0957 e. The maximum atomic E-state index is 10.5. The Kier molecular flexibility index (Phi) is 2.53. The summed E-state index contributed by atoms with van der Waals surface area (Å²) in [7, 11) is 0. The minimum atomic E-state index is -0.521. The number of aliphatic hydroxyl groups is 1. The van der Waals surface area contributed by atoms with Gasteiger partial charge in [-0.3, -0.25) is 4.90 Å². The number of hydrogen-bond acceptors (Lipinski definition) is 4. The highest BCUT2D eigenvalue weighted by Gasteiger charge is 2.42. The summed E-state index contributed by atoms with van der Waals surface area (Å²) in [5.74, 6) is 0. The van der Waals surface area contributed by atoms with Crippen LogP contribution >= 0.6 is 11.3 Å². The highest BCUT2D eigenvalue weighted by Crippen LogP contribution is 2.35. The average molecular weight is 238 g/mol. The molecule has 0 amide bonds. The zero-order chi connectivity index (χ0) is 11.2. The summed E-state index contributed by atoms with van der Waals surface area (Å²) in [4.78, 5) is 6.89. The number of nitrogens with zero attached hydrogens (tertiary/aromatic N) is 2. The second-order valence-corrected chi connectivity index (χ2v) is 6.18. The van der Waals surface area contributed by atoms with E-state index in [9.17, 15) is 5.11 Å². The van der Waals surface area contributed by atoms with Gasteiger partial charge in [0.15, 0.2) is 0 Å². The summed E-state index contributed by atoms with van der Waals surface area (Å²) in [6.07, 6.45) is 4.29. The molecular formula is C12H18N2OS. The quantitative estimate of drug-likeness (QED) is 0.869. The fourth-order valence-electron chi connectivity index (χ4n) is 2.55. The van der Waals surface area contributed by atoms with Crippen molar-refractivity contribution in [1.82, 2.24) is 9.88 Å². The van der Waals surface area contributed by atoms with Crippen molar-refractivity contribution in [1.29, 1.82) is 0 Å². The molecule has 1 saturated heterocycles. The Bertz CT molecular complexity index is 388. The zero-order valence-electron chi connectivity index (χ0n) is 9.65. The van der Waals surface area contributed by atoms with Crippen molar-refractivity contribution in [3.63, 3.8) is 0 Å². The van der Waals surface area contributed by atoms with Gasteiger partial charge in [-0.25, -0.2) is 4.98 Å². The summed E-state index contributed by atoms with van der Waals surface area (Å²) in [5, 5.41) is 13.7. The van der Waals surface area contributed by atoms with Crippen molar-refractivity contribution in [2.24, 2.45) is 0 Å². The molecule has 1 aromatic rings. The van der Waals surface area contributed by atoms with Crippen molar-refractivity contribution in [2.45, 2.75) is 44.2 Å². The minimum Gasteiger partial charge on any atom is -0.388 e. The van der Waals surface area contributed by atoms with Gasteiger partial charge in [0.1, 0.15) is 0 Å². The number of likely N-dealkylation sites (tertiary alicyclic amines) is 1. The minimum absolute atomic E-state index is 0.521. The lowest BCUT2D eigenvalue weighted by Crippen LogP contribution is -2.36. The van der Waals surface area contributed by atoms with Gasteiger partial charge in [0.05, 0.1) is 10.6 Å². The monoisotopic (exact) mass is 238 g/mol. The van der Waals surface area contributed by atoms with E-state index in [1.807, 2.05) is 6.92 Å². The molecule has 2 heterocycles. The second kappa shape index (κ2) is 3.79. The lowest BCUT2D eigenvalue weighted by atomic mass is 9.99. The van der Waals surface area contributed by atoms with Crippen molar-refractivity contribution in [3.8, 4) is 0 Å². The van der Waals surface area contributed by atoms with Crippen LogP contribution < -0.4 is 0 Å². The third-order valence-corrected chi connectivity index (χ3v) is 4.54. The number of thiazole rings is 1. The summed E-state index contributed by atoms with van der Waals surface area (Å²) >= 11 is 1.67. The first kappa shape index (κ1) is 10.7. The Labute approximate surface area is 100 Å². The molecule has 0 bridgehead atoms. The fraction of sp³-hybridized carbons (Fsp3) is 0.750. The van der Waals surface area contributed by atoms with Crippen LogP contribution in [0.25, 0.3) is 0 Å². The third kappa shape index (κ3) is 2.14. The number of rotatable bonds is 3. The molecule has 1 unspecified atom stereocenters. The second-order valence-electron chi connectivity index (χ2n) is 5.24. The molecule has 2 aliphatic rings. The summed E-state index contributed by atoms with van der Waals surface area (Å²) in [5.41, 5.74) is 0.549. The van der Waals surface area contributed by atoms with Crippen LogP contribution in [0.3, 0.4) is 0 Å². The van der Waals surface area contributed by atoms with Crippen LogP contribution in [0.1, 0.15) is 30.0 Å². The Morgan fingerprint density at radius 3 is 3.06 bits per heavy atom. The molecule has 4 heteroatoms. The normalized spacial score (nSPS) is 31.1. The van der Waals surface area contributed by atoms with Crippen LogP contribution in [-0.4, -0.2) is 39.7 Å². The largest absolute Gasteiger partial charge is 0.388 e. The maximum absolute atomic E-state index is 10.5. The molecule has 1 aliphatic carbocycles. The van der Waals surface area contributed by atoms with Gasteiger partial charge in [-0.05, 0) is 26.2 Å². The van der Waals surface area contributed by atoms with Crippen LogP contribution in [0, 0.1) is 6.92 Å². The van der Waals surface area contributed by atoms with Crippen molar-refractivity contribution < 1.29 is 5.11 Å². The molecule has 1 aliphatic heterocycles. The van der Waals surface area contributed by atoms with Crippen LogP contribution in [0.15, 0.2) is 5.38 Å². The first-order valence-electron chi connectivity index (χ1n) is 6.02. The van der Waals surface area contributed by atoms with Gasteiger partial charge in [-0.15, -0.1) is 11.3 Å². The van der Waals surface area contributed by atoms with Gasteiger partial charge in [0.25, 0.3) is 0 Å². The molecule has 1 aromatic heterocycles. The Hall–Kier alpha value is -0.450. The van der Waals surface area contributed by atoms with Crippen molar-refractivity contribution >= 4 is 11.3 Å². The molecule has 0 radical (unpaired) electrons. The lowest BCUT2D eigenvalue weighted by Gasteiger charge is -2.22. The lowest BCUT2D eigenvalue weighted by molar-refractivity contribution is 0.0486. The topological polar surface area (TPSA) is 36.4 Å². The van der Waals surface area contributed by atoms with Gasteiger partial charge in [-0.1, -0.05) is 0 Å². The van der Waals surface area contributed by atoms with E-state index in [2.05, 4.69) is 15.3 Å². The SMILES string of the molecule is Cc1csc(CC2(O)CCN(C3CC3)C2)n1. The molecule has 0 spiro atoms. The number of β-amino-alcohol motifs (C(OH)–C–C–N with tert-alkyl or cyclic N) is 1. The van der Waals surface area contributed by atoms with E-state index in [0.717, 1.165) is 42.7 Å². The number of hydrogen-bond donors (Lipinski definition) is 1. The summed E-state index contributed by atoms with van der Waals surface area (Å²) in [6.45, 7) is 3.91. The van der Waals surface area contributed by atoms with Crippen LogP contribution in [-0.2, 0) is 6.42 Å². The number of aromatic nitrogens is 1. The van der Waals surface area contributed by atoms with E-state index in [-0.39, 0.29) is 0 Å². The predicted molar refractivity (Wildman–Crippen MR) is 64.7 cm³/mol. The molecule has 3 nitrogen and oxygen atoms in total. The molecule has 0 aromatic carbocycles. The van der Waals surface area contributed by atoms with E-state index in [1.54, 1.807) is 11.3 Å². The first-order valence-corrected chi connectivity index (χ1v) is 6.90. The van der Waals surface area contributed by atoms with Crippen LogP contribution in [0.2, 0.25) is 0 Å². The van der Waals surface area contributed by atoms with Crippen LogP contribution in [0.5, 0.6) is 0 Å². The molecule has 3 rings (SSSR count). The van der Waals surface area contributed by atoms with Gasteiger partial charge in [-0.2, -0.15) is 0 Å². The molecular weight excluding hydrogens is 220 g/mol. The fourth-order valence-corrected chi connectivity index (χ4v) is 3.46. The average Bonchev–Trinajstić information content (AvgIpc) is 2.90. The molecule has 88 valence electrons. The van der Waals surface area contributed by atoms with Crippen LogP contribution in [0.4, 0.5) is 0 Å². The first-order chi connectivity index (χ1) is 7.65. The van der Waals surface area contributed by atoms with Gasteiger partial charge < -0.3 is 5.11 Å². The van der Waals surface area contributed by atoms with E-state index < -0.39 is 5.60 Å². The standard InChI is InChI=1S/C12H18N2OS/c1-9-7-16-11(13-9)6-12(15)4-5-14(8-12)10-2-3-10/h7,10,15H,2-6,8H2,1H3. The van der Waals surface area contributed by atoms with Crippen molar-refractivity contribution in [2.75, 3.05) is 13.1 Å². The van der Waals surface area contributed by atoms with Crippen molar-refractivity contribution in [3.05, 3.63) is 16.1 Å². The highest BCUT2D eigenvalue weighted by molar-refractivity contribution is 7.09. The van der Waals surface area contributed by atoms with E-state index >= 15 is 0 Å². The van der Waals surface area contributed by atoms with E-state index in [4.69, 9.17) is 0 Å². The zero-order valence-corrected chi connectivity index (χ0v) is 10.5. The van der Waals surface area contributed by atoms with Gasteiger partial charge in [0.2, 0.25) is 0 Å². The molecule has 16 heavy (non-hydrogen) atoms. The molecule has 1 atom stereocenters. The Morgan fingerprint density at radius 1 is 1.62 bits per heavy atom. The third-order valence-electron chi connectivity index (χ3n) is 3.57. The maximum Gasteiger partial charge on any atom is 0.0957 e. The highest BCUT2D eigenvalue weighted by atomic mass is 32.1. The predicted octanol–water partition coefficient (Wildman–Crippen LogP) is 1.59.